The van der Waals surface area contributed by atoms with Gasteiger partial charge in [0.1, 0.15) is 5.82 Å². The van der Waals surface area contributed by atoms with Crippen LogP contribution in [0.4, 0.5) is 24.5 Å². The highest BCUT2D eigenvalue weighted by molar-refractivity contribution is 7.98. The fourth-order valence-corrected chi connectivity index (χ4v) is 2.76. The molecule has 3 aromatic rings. The van der Waals surface area contributed by atoms with Crippen molar-refractivity contribution in [2.75, 3.05) is 16.9 Å². The van der Waals surface area contributed by atoms with Crippen molar-refractivity contribution in [3.63, 3.8) is 0 Å². The van der Waals surface area contributed by atoms with Crippen molar-refractivity contribution < 1.29 is 13.2 Å². The number of nitrogens with zero attached hydrogens (tertiary/aromatic N) is 1. The highest BCUT2D eigenvalue weighted by atomic mass is 32.2. The van der Waals surface area contributed by atoms with E-state index < -0.39 is 12.0 Å². The molecule has 0 radical (unpaired) electrons. The van der Waals surface area contributed by atoms with Gasteiger partial charge in [-0.25, -0.2) is 4.98 Å². The molecule has 8 heteroatoms. The molecule has 130 valence electrons. The van der Waals surface area contributed by atoms with Crippen LogP contribution in [0.25, 0.3) is 11.0 Å². The molecule has 1 heterocycles. The number of imidazole rings is 1. The standard InChI is InChI=1S/C17H15F3N4S/c1-10(21-11-4-3-5-13(8-11)25-2)22-12-6-7-14-15(9-12)24-16(23-14)17(18,19)20/h3-9,21-22H,1H2,2H3,(H,23,24). The van der Waals surface area contributed by atoms with Crippen molar-refractivity contribution in [2.45, 2.75) is 11.1 Å². The lowest BCUT2D eigenvalue weighted by atomic mass is 10.2. The number of nitrogens with one attached hydrogen (secondary N) is 3. The number of aromatic nitrogens is 2. The molecule has 0 aliphatic heterocycles. The number of hydrogen-bond acceptors (Lipinski definition) is 4. The van der Waals surface area contributed by atoms with Gasteiger partial charge in [-0.15, -0.1) is 11.8 Å². The summed E-state index contributed by atoms with van der Waals surface area (Å²) in [6.07, 6.45) is -2.51. The van der Waals surface area contributed by atoms with Crippen LogP contribution in [-0.4, -0.2) is 16.2 Å². The lowest BCUT2D eigenvalue weighted by Crippen LogP contribution is -2.08. The summed E-state index contributed by atoms with van der Waals surface area (Å²) in [5, 5.41) is 6.14. The number of alkyl halides is 3. The Balaban J connectivity index is 1.74. The molecule has 0 fully saturated rings. The zero-order valence-electron chi connectivity index (χ0n) is 13.2. The average molecular weight is 364 g/mol. The molecule has 0 atom stereocenters. The molecule has 3 rings (SSSR count). The number of H-pyrrole nitrogens is 1. The molecule has 2 aromatic carbocycles. The monoisotopic (exact) mass is 364 g/mol. The van der Waals surface area contributed by atoms with E-state index in [1.807, 2.05) is 30.5 Å². The van der Waals surface area contributed by atoms with E-state index in [4.69, 9.17) is 0 Å². The van der Waals surface area contributed by atoms with Gasteiger partial charge in [-0.2, -0.15) is 13.2 Å². The van der Waals surface area contributed by atoms with E-state index in [9.17, 15) is 13.2 Å². The van der Waals surface area contributed by atoms with Gasteiger partial charge in [0, 0.05) is 16.3 Å². The van der Waals surface area contributed by atoms with Crippen LogP contribution in [0.15, 0.2) is 59.8 Å². The number of benzene rings is 2. The SMILES string of the molecule is C=C(Nc1cccc(SC)c1)Nc1ccc2nc(C(F)(F)F)[nH]c2c1. The molecular formula is C17H15F3N4S. The third-order valence-corrected chi connectivity index (χ3v) is 4.14. The lowest BCUT2D eigenvalue weighted by molar-refractivity contribution is -0.144. The summed E-state index contributed by atoms with van der Waals surface area (Å²) in [6.45, 7) is 3.89. The Bertz CT molecular complexity index is 918. The van der Waals surface area contributed by atoms with Crippen LogP contribution in [0.3, 0.4) is 0 Å². The first-order valence-corrected chi connectivity index (χ1v) is 8.51. The number of aromatic amines is 1. The molecule has 0 spiro atoms. The molecule has 0 saturated carbocycles. The van der Waals surface area contributed by atoms with Crippen molar-refractivity contribution in [2.24, 2.45) is 0 Å². The van der Waals surface area contributed by atoms with Crippen molar-refractivity contribution in [1.29, 1.82) is 0 Å². The molecule has 0 unspecified atom stereocenters. The largest absolute Gasteiger partial charge is 0.449 e. The molecule has 0 bridgehead atoms. The fraction of sp³-hybridized carbons (Fsp3) is 0.118. The smallest absolute Gasteiger partial charge is 0.342 e. The number of anilines is 2. The van der Waals surface area contributed by atoms with Crippen LogP contribution in [0, 0.1) is 0 Å². The van der Waals surface area contributed by atoms with Crippen molar-refractivity contribution in [1.82, 2.24) is 9.97 Å². The second-order valence-corrected chi connectivity index (χ2v) is 6.16. The van der Waals surface area contributed by atoms with Gasteiger partial charge in [0.2, 0.25) is 5.82 Å². The normalized spacial score (nSPS) is 11.5. The van der Waals surface area contributed by atoms with Gasteiger partial charge in [-0.1, -0.05) is 12.6 Å². The van der Waals surface area contributed by atoms with Gasteiger partial charge >= 0.3 is 6.18 Å². The van der Waals surface area contributed by atoms with Gasteiger partial charge < -0.3 is 15.6 Å². The van der Waals surface area contributed by atoms with Crippen molar-refractivity contribution in [3.8, 4) is 0 Å². The maximum Gasteiger partial charge on any atom is 0.449 e. The quantitative estimate of drug-likeness (QED) is 0.538. The summed E-state index contributed by atoms with van der Waals surface area (Å²) >= 11 is 1.63. The zero-order chi connectivity index (χ0) is 18.0. The highest BCUT2D eigenvalue weighted by Crippen LogP contribution is 2.29. The van der Waals surface area contributed by atoms with E-state index in [0.29, 0.717) is 17.0 Å². The molecule has 0 aliphatic rings. The number of thioether (sulfide) groups is 1. The minimum absolute atomic E-state index is 0.254. The molecular weight excluding hydrogens is 349 g/mol. The Morgan fingerprint density at radius 1 is 1.12 bits per heavy atom. The first-order chi connectivity index (χ1) is 11.8. The van der Waals surface area contributed by atoms with Gasteiger partial charge in [0.15, 0.2) is 0 Å². The van der Waals surface area contributed by atoms with E-state index in [1.54, 1.807) is 23.9 Å². The summed E-state index contributed by atoms with van der Waals surface area (Å²) in [5.41, 5.74) is 2.02. The molecule has 4 nitrogen and oxygen atoms in total. The maximum absolute atomic E-state index is 12.7. The third-order valence-electron chi connectivity index (χ3n) is 3.41. The summed E-state index contributed by atoms with van der Waals surface area (Å²) in [6, 6.07) is 12.5. The van der Waals surface area contributed by atoms with Crippen molar-refractivity contribution >= 4 is 34.2 Å². The van der Waals surface area contributed by atoms with Gasteiger partial charge in [-0.05, 0) is 42.7 Å². The summed E-state index contributed by atoms with van der Waals surface area (Å²) in [7, 11) is 0. The molecule has 0 saturated heterocycles. The van der Waals surface area contributed by atoms with Gasteiger partial charge in [-0.3, -0.25) is 0 Å². The van der Waals surface area contributed by atoms with E-state index >= 15 is 0 Å². The summed E-state index contributed by atoms with van der Waals surface area (Å²) in [4.78, 5) is 6.94. The number of fused-ring (bicyclic) bond motifs is 1. The van der Waals surface area contributed by atoms with Crippen LogP contribution in [0.5, 0.6) is 0 Å². The fourth-order valence-electron chi connectivity index (χ4n) is 2.30. The van der Waals surface area contributed by atoms with Crippen LogP contribution in [-0.2, 0) is 6.18 Å². The van der Waals surface area contributed by atoms with Crippen LogP contribution in [0.2, 0.25) is 0 Å². The Morgan fingerprint density at radius 2 is 1.84 bits per heavy atom. The molecule has 0 amide bonds. The average Bonchev–Trinajstić information content (AvgIpc) is 2.98. The second kappa shape index (κ2) is 6.72. The summed E-state index contributed by atoms with van der Waals surface area (Å²) < 4.78 is 38.1. The van der Waals surface area contributed by atoms with Crippen molar-refractivity contribution in [3.05, 3.63) is 60.7 Å². The Kier molecular flexibility index (Phi) is 4.63. The van der Waals surface area contributed by atoms with Crippen LogP contribution < -0.4 is 10.6 Å². The third kappa shape index (κ3) is 4.08. The first kappa shape index (κ1) is 17.2. The number of halogens is 3. The molecule has 25 heavy (non-hydrogen) atoms. The van der Waals surface area contributed by atoms with E-state index in [2.05, 4.69) is 27.2 Å². The molecule has 3 N–H and O–H groups in total. The maximum atomic E-state index is 12.7. The number of rotatable bonds is 5. The van der Waals surface area contributed by atoms with E-state index in [-0.39, 0.29) is 5.52 Å². The van der Waals surface area contributed by atoms with E-state index in [1.165, 1.54) is 6.07 Å². The van der Waals surface area contributed by atoms with E-state index in [0.717, 1.165) is 10.6 Å². The Morgan fingerprint density at radius 3 is 2.52 bits per heavy atom. The predicted octanol–water partition coefficient (Wildman–Crippen LogP) is 5.30. The molecule has 0 aliphatic carbocycles. The summed E-state index contributed by atoms with van der Waals surface area (Å²) in [5.74, 6) is -0.501. The second-order valence-electron chi connectivity index (χ2n) is 5.28. The Labute approximate surface area is 146 Å². The highest BCUT2D eigenvalue weighted by Gasteiger charge is 2.34. The van der Waals surface area contributed by atoms with Crippen LogP contribution >= 0.6 is 11.8 Å². The van der Waals surface area contributed by atoms with Gasteiger partial charge in [0.05, 0.1) is 11.0 Å². The predicted molar refractivity (Wildman–Crippen MR) is 95.7 cm³/mol. The topological polar surface area (TPSA) is 52.7 Å². The Hall–Kier alpha value is -2.61. The zero-order valence-corrected chi connectivity index (χ0v) is 14.1. The first-order valence-electron chi connectivity index (χ1n) is 7.29. The molecule has 1 aromatic heterocycles. The number of hydrogen-bond donors (Lipinski definition) is 3. The minimum Gasteiger partial charge on any atom is -0.342 e. The lowest BCUT2D eigenvalue weighted by Gasteiger charge is -2.13. The minimum atomic E-state index is -4.50. The van der Waals surface area contributed by atoms with Crippen LogP contribution in [0.1, 0.15) is 5.82 Å². The van der Waals surface area contributed by atoms with Gasteiger partial charge in [0.25, 0.3) is 0 Å².